The molecule has 2 nitrogen and oxygen atoms in total. The fourth-order valence-corrected chi connectivity index (χ4v) is 5.77. The zero-order valence-corrected chi connectivity index (χ0v) is 16.5. The third-order valence-electron chi connectivity index (χ3n) is 3.93. The van der Waals surface area contributed by atoms with Gasteiger partial charge in [-0.2, -0.15) is 0 Å². The summed E-state index contributed by atoms with van der Waals surface area (Å²) in [7, 11) is 0. The lowest BCUT2D eigenvalue weighted by molar-refractivity contribution is 0.103. The summed E-state index contributed by atoms with van der Waals surface area (Å²) in [6.07, 6.45) is 2.02. The number of carbonyl (C=O) groups is 1. The summed E-state index contributed by atoms with van der Waals surface area (Å²) in [5.74, 6) is 0.812. The Hall–Kier alpha value is -1.40. The maximum Gasteiger partial charge on any atom is 0.265 e. The molecule has 6 heteroatoms. The second-order valence-electron chi connectivity index (χ2n) is 5.58. The van der Waals surface area contributed by atoms with Crippen molar-refractivity contribution >= 4 is 58.1 Å². The summed E-state index contributed by atoms with van der Waals surface area (Å²) >= 11 is 11.1. The zero-order chi connectivity index (χ0) is 17.4. The predicted octanol–water partition coefficient (Wildman–Crippen LogP) is 6.65. The number of rotatable bonds is 3. The molecule has 4 rings (SSSR count). The first-order valence-electron chi connectivity index (χ1n) is 7.65. The van der Waals surface area contributed by atoms with Crippen molar-refractivity contribution < 1.29 is 4.79 Å². The number of carbonyl (C=O) groups excluding carboxylic acids is 1. The van der Waals surface area contributed by atoms with E-state index in [2.05, 4.69) is 5.32 Å². The van der Waals surface area contributed by atoms with Gasteiger partial charge in [0.05, 0.1) is 4.88 Å². The number of anilines is 1. The van der Waals surface area contributed by atoms with Crippen molar-refractivity contribution in [3.63, 3.8) is 0 Å². The van der Waals surface area contributed by atoms with Gasteiger partial charge in [-0.3, -0.25) is 4.79 Å². The molecule has 1 aromatic heterocycles. The van der Waals surface area contributed by atoms with Crippen LogP contribution in [0, 0.1) is 0 Å². The van der Waals surface area contributed by atoms with Crippen LogP contribution in [0.5, 0.6) is 0 Å². The van der Waals surface area contributed by atoms with Crippen molar-refractivity contribution in [2.45, 2.75) is 15.5 Å². The summed E-state index contributed by atoms with van der Waals surface area (Å²) in [6.45, 7) is 0. The molecule has 1 amide bonds. The Bertz CT molecular complexity index is 967. The van der Waals surface area contributed by atoms with Gasteiger partial charge in [0.2, 0.25) is 0 Å². The fourth-order valence-electron chi connectivity index (χ4n) is 2.73. The van der Waals surface area contributed by atoms with Gasteiger partial charge in [-0.05, 0) is 48.2 Å². The smallest absolute Gasteiger partial charge is 0.265 e. The van der Waals surface area contributed by atoms with Crippen molar-refractivity contribution in [2.24, 2.45) is 0 Å². The molecule has 0 saturated heterocycles. The molecule has 0 fully saturated rings. The topological polar surface area (TPSA) is 29.1 Å². The number of halogens is 1. The highest BCUT2D eigenvalue weighted by Gasteiger charge is 2.22. The van der Waals surface area contributed by atoms with Crippen molar-refractivity contribution in [2.75, 3.05) is 11.6 Å². The highest BCUT2D eigenvalue weighted by molar-refractivity contribution is 7.99. The van der Waals surface area contributed by atoms with Gasteiger partial charge >= 0.3 is 0 Å². The lowest BCUT2D eigenvalue weighted by atomic mass is 10.1. The molecule has 3 aromatic rings. The van der Waals surface area contributed by atoms with Crippen LogP contribution in [-0.2, 0) is 5.75 Å². The Kier molecular flexibility index (Phi) is 4.82. The molecule has 0 bridgehead atoms. The van der Waals surface area contributed by atoms with Crippen LogP contribution in [0.2, 0.25) is 5.02 Å². The van der Waals surface area contributed by atoms with Gasteiger partial charge < -0.3 is 5.32 Å². The van der Waals surface area contributed by atoms with Gasteiger partial charge in [0.1, 0.15) is 0 Å². The minimum Gasteiger partial charge on any atom is -0.321 e. The fraction of sp³-hybridized carbons (Fsp3) is 0.105. The Morgan fingerprint density at radius 1 is 1.20 bits per heavy atom. The summed E-state index contributed by atoms with van der Waals surface area (Å²) in [4.78, 5) is 16.9. The number of amides is 1. The van der Waals surface area contributed by atoms with Gasteiger partial charge in [0.15, 0.2) is 0 Å². The summed E-state index contributed by atoms with van der Waals surface area (Å²) < 4.78 is 0. The molecule has 0 spiro atoms. The number of benzene rings is 2. The number of hydrogen-bond acceptors (Lipinski definition) is 4. The molecule has 25 heavy (non-hydrogen) atoms. The van der Waals surface area contributed by atoms with E-state index >= 15 is 0 Å². The van der Waals surface area contributed by atoms with Crippen LogP contribution in [0.15, 0.2) is 58.3 Å². The van der Waals surface area contributed by atoms with E-state index in [0.29, 0.717) is 0 Å². The van der Waals surface area contributed by atoms with Crippen molar-refractivity contribution in [3.05, 3.63) is 64.0 Å². The normalized spacial score (nSPS) is 12.4. The molecule has 1 aliphatic rings. The number of fused-ring (bicyclic) bond motifs is 3. The SMILES string of the molecule is CSc1cccc(NC(=O)c2cc3c(s2)-c2ccc(Cl)cc2SC3)c1. The Labute approximate surface area is 164 Å². The van der Waals surface area contributed by atoms with Crippen LogP contribution in [0.25, 0.3) is 10.4 Å². The van der Waals surface area contributed by atoms with E-state index in [1.807, 2.05) is 54.8 Å². The molecule has 0 aliphatic carbocycles. The first-order chi connectivity index (χ1) is 12.1. The number of nitrogens with one attached hydrogen (secondary N) is 1. The second kappa shape index (κ2) is 7.08. The minimum atomic E-state index is -0.0573. The lowest BCUT2D eigenvalue weighted by Gasteiger charge is -2.15. The van der Waals surface area contributed by atoms with E-state index in [1.54, 1.807) is 34.9 Å². The molecular weight excluding hydrogens is 390 g/mol. The molecule has 126 valence electrons. The molecule has 2 heterocycles. The monoisotopic (exact) mass is 403 g/mol. The third kappa shape index (κ3) is 3.47. The molecule has 0 saturated carbocycles. The van der Waals surface area contributed by atoms with Crippen LogP contribution >= 0.6 is 46.5 Å². The molecular formula is C19H14ClNOS3. The molecule has 0 unspecified atom stereocenters. The van der Waals surface area contributed by atoms with Crippen molar-refractivity contribution in [1.82, 2.24) is 0 Å². The van der Waals surface area contributed by atoms with Gasteiger partial charge in [0.25, 0.3) is 5.91 Å². The zero-order valence-electron chi connectivity index (χ0n) is 13.3. The standard InChI is InChI=1S/C19H14ClNOS3/c1-23-14-4-2-3-13(9-14)21-19(22)17-7-11-10-24-16-8-12(20)5-6-15(16)18(11)25-17/h2-9H,10H2,1H3,(H,21,22). The Morgan fingerprint density at radius 3 is 2.92 bits per heavy atom. The van der Waals surface area contributed by atoms with Crippen LogP contribution in [0.1, 0.15) is 15.2 Å². The molecule has 1 aliphatic heterocycles. The van der Waals surface area contributed by atoms with Crippen molar-refractivity contribution in [1.29, 1.82) is 0 Å². The number of thioether (sulfide) groups is 2. The Balaban J connectivity index is 1.62. The minimum absolute atomic E-state index is 0.0573. The van der Waals surface area contributed by atoms with E-state index in [9.17, 15) is 4.79 Å². The van der Waals surface area contributed by atoms with Gasteiger partial charge in [-0.25, -0.2) is 0 Å². The second-order valence-corrected chi connectivity index (χ2v) is 8.97. The van der Waals surface area contributed by atoms with E-state index in [-0.39, 0.29) is 5.91 Å². The predicted molar refractivity (Wildman–Crippen MR) is 111 cm³/mol. The van der Waals surface area contributed by atoms with E-state index in [4.69, 9.17) is 11.6 Å². The highest BCUT2D eigenvalue weighted by atomic mass is 35.5. The molecule has 2 aromatic carbocycles. The van der Waals surface area contributed by atoms with Crippen LogP contribution in [0.4, 0.5) is 5.69 Å². The average Bonchev–Trinajstić information content (AvgIpc) is 3.06. The maximum atomic E-state index is 12.7. The largest absolute Gasteiger partial charge is 0.321 e. The first kappa shape index (κ1) is 17.0. The van der Waals surface area contributed by atoms with E-state index < -0.39 is 0 Å². The summed E-state index contributed by atoms with van der Waals surface area (Å²) in [5.41, 5.74) is 3.21. The first-order valence-corrected chi connectivity index (χ1v) is 11.1. The third-order valence-corrected chi connectivity index (χ3v) is 7.21. The van der Waals surface area contributed by atoms with Crippen LogP contribution in [0.3, 0.4) is 0 Å². The summed E-state index contributed by atoms with van der Waals surface area (Å²) in [5, 5.41) is 3.75. The van der Waals surface area contributed by atoms with Gasteiger partial charge in [-0.15, -0.1) is 34.9 Å². The number of thiophene rings is 1. The average molecular weight is 404 g/mol. The van der Waals surface area contributed by atoms with Gasteiger partial charge in [0, 0.05) is 36.7 Å². The maximum absolute atomic E-state index is 12.7. The van der Waals surface area contributed by atoms with Crippen LogP contribution in [-0.4, -0.2) is 12.2 Å². The highest BCUT2D eigenvalue weighted by Crippen LogP contribution is 2.46. The van der Waals surface area contributed by atoms with Gasteiger partial charge in [-0.1, -0.05) is 23.7 Å². The van der Waals surface area contributed by atoms with E-state index in [0.717, 1.165) is 26.2 Å². The van der Waals surface area contributed by atoms with Crippen molar-refractivity contribution in [3.8, 4) is 10.4 Å². The van der Waals surface area contributed by atoms with Crippen LogP contribution < -0.4 is 5.32 Å². The van der Waals surface area contributed by atoms with E-state index in [1.165, 1.54) is 20.9 Å². The quantitative estimate of drug-likeness (QED) is 0.496. The molecule has 1 N–H and O–H groups in total. The summed E-state index contributed by atoms with van der Waals surface area (Å²) in [6, 6.07) is 15.9. The Morgan fingerprint density at radius 2 is 2.08 bits per heavy atom. The molecule has 0 atom stereocenters. The lowest BCUT2D eigenvalue weighted by Crippen LogP contribution is -2.10. The number of hydrogen-bond donors (Lipinski definition) is 1. The molecule has 0 radical (unpaired) electrons.